The van der Waals surface area contributed by atoms with E-state index in [1.165, 1.54) is 5.56 Å². The van der Waals surface area contributed by atoms with Gasteiger partial charge in [-0.1, -0.05) is 29.8 Å². The lowest BCUT2D eigenvalue weighted by Crippen LogP contribution is -2.18. The maximum atomic E-state index is 12.3. The van der Waals surface area contributed by atoms with E-state index in [-0.39, 0.29) is 5.56 Å². The molecule has 1 heterocycles. The molecule has 0 saturated carbocycles. The summed E-state index contributed by atoms with van der Waals surface area (Å²) in [5.41, 5.74) is 2.69. The molecule has 3 rings (SSSR count). The van der Waals surface area contributed by atoms with Crippen LogP contribution in [0, 0.1) is 6.92 Å². The topological polar surface area (TPSA) is 34.9 Å². The maximum absolute atomic E-state index is 12.3. The van der Waals surface area contributed by atoms with Crippen LogP contribution in [0.15, 0.2) is 59.7 Å². The normalized spacial score (nSPS) is 10.7. The Labute approximate surface area is 104 Å². The fourth-order valence-electron chi connectivity index (χ4n) is 1.96. The van der Waals surface area contributed by atoms with Crippen molar-refractivity contribution >= 4 is 10.9 Å². The van der Waals surface area contributed by atoms with Crippen LogP contribution in [0.3, 0.4) is 0 Å². The van der Waals surface area contributed by atoms with Crippen LogP contribution >= 0.6 is 0 Å². The van der Waals surface area contributed by atoms with Crippen LogP contribution < -0.4 is 5.56 Å². The van der Waals surface area contributed by atoms with Crippen molar-refractivity contribution in [2.75, 3.05) is 0 Å². The minimum absolute atomic E-state index is 0.0375. The smallest absolute Gasteiger partial charge is 0.265 e. The summed E-state index contributed by atoms with van der Waals surface area (Å²) in [6.07, 6.45) is 1.58. The number of benzene rings is 2. The third-order valence-corrected chi connectivity index (χ3v) is 2.98. The number of para-hydroxylation sites is 1. The second kappa shape index (κ2) is 4.11. The summed E-state index contributed by atoms with van der Waals surface area (Å²) in [7, 11) is 0. The van der Waals surface area contributed by atoms with Gasteiger partial charge in [0.15, 0.2) is 0 Å². The monoisotopic (exact) mass is 236 g/mol. The number of nitrogens with zero attached hydrogens (tertiary/aromatic N) is 2. The van der Waals surface area contributed by atoms with Crippen LogP contribution in [0.5, 0.6) is 0 Å². The Kier molecular flexibility index (Phi) is 2.45. The summed E-state index contributed by atoms with van der Waals surface area (Å²) in [5, 5.41) is 0.639. The Morgan fingerprint density at radius 2 is 1.72 bits per heavy atom. The molecular weight excluding hydrogens is 224 g/mol. The average Bonchev–Trinajstić information content (AvgIpc) is 2.41. The fourth-order valence-corrected chi connectivity index (χ4v) is 1.96. The summed E-state index contributed by atoms with van der Waals surface area (Å²) >= 11 is 0. The van der Waals surface area contributed by atoms with Crippen molar-refractivity contribution in [2.24, 2.45) is 0 Å². The molecule has 3 aromatic rings. The van der Waals surface area contributed by atoms with Crippen LogP contribution in [-0.4, -0.2) is 9.55 Å². The van der Waals surface area contributed by atoms with Crippen molar-refractivity contribution in [2.45, 2.75) is 6.92 Å². The predicted molar refractivity (Wildman–Crippen MR) is 72.1 cm³/mol. The van der Waals surface area contributed by atoms with E-state index >= 15 is 0 Å². The summed E-state index contributed by atoms with van der Waals surface area (Å²) in [5.74, 6) is 0. The minimum Gasteiger partial charge on any atom is -0.268 e. The van der Waals surface area contributed by atoms with Crippen molar-refractivity contribution in [3.8, 4) is 5.69 Å². The first-order chi connectivity index (χ1) is 8.75. The van der Waals surface area contributed by atoms with E-state index in [0.717, 1.165) is 11.2 Å². The highest BCUT2D eigenvalue weighted by Gasteiger charge is 2.04. The van der Waals surface area contributed by atoms with Crippen LogP contribution in [0.25, 0.3) is 16.6 Å². The molecule has 88 valence electrons. The van der Waals surface area contributed by atoms with Crippen molar-refractivity contribution in [3.05, 3.63) is 70.8 Å². The zero-order valence-corrected chi connectivity index (χ0v) is 10.00. The molecule has 0 unspecified atom stereocenters. The summed E-state index contributed by atoms with van der Waals surface area (Å²) in [6.45, 7) is 2.02. The Balaban J connectivity index is 2.27. The molecule has 0 amide bonds. The minimum atomic E-state index is -0.0375. The molecule has 0 aliphatic heterocycles. The van der Waals surface area contributed by atoms with Gasteiger partial charge in [-0.15, -0.1) is 0 Å². The number of aromatic nitrogens is 2. The number of hydrogen-bond acceptors (Lipinski definition) is 2. The SMILES string of the molecule is Cc1ccc(-n2cnc3ccccc3c2=O)cc1. The van der Waals surface area contributed by atoms with E-state index in [9.17, 15) is 4.79 Å². The van der Waals surface area contributed by atoms with E-state index in [2.05, 4.69) is 4.98 Å². The van der Waals surface area contributed by atoms with E-state index in [0.29, 0.717) is 5.39 Å². The highest BCUT2D eigenvalue weighted by molar-refractivity contribution is 5.77. The third-order valence-electron chi connectivity index (χ3n) is 2.98. The van der Waals surface area contributed by atoms with E-state index in [1.807, 2.05) is 49.4 Å². The average molecular weight is 236 g/mol. The second-order valence-corrected chi connectivity index (χ2v) is 4.27. The first-order valence-electron chi connectivity index (χ1n) is 5.79. The van der Waals surface area contributed by atoms with Gasteiger partial charge in [-0.2, -0.15) is 0 Å². The highest BCUT2D eigenvalue weighted by atomic mass is 16.1. The lowest BCUT2D eigenvalue weighted by molar-refractivity contribution is 0.962. The highest BCUT2D eigenvalue weighted by Crippen LogP contribution is 2.10. The lowest BCUT2D eigenvalue weighted by Gasteiger charge is -2.06. The second-order valence-electron chi connectivity index (χ2n) is 4.27. The van der Waals surface area contributed by atoms with Gasteiger partial charge in [0, 0.05) is 0 Å². The fraction of sp³-hybridized carbons (Fsp3) is 0.0667. The van der Waals surface area contributed by atoms with Crippen LogP contribution in [0.1, 0.15) is 5.56 Å². The Hall–Kier alpha value is -2.42. The Bertz CT molecular complexity index is 757. The van der Waals surface area contributed by atoms with Gasteiger partial charge < -0.3 is 0 Å². The van der Waals surface area contributed by atoms with Crippen molar-refractivity contribution in [1.82, 2.24) is 9.55 Å². The van der Waals surface area contributed by atoms with Crippen molar-refractivity contribution in [3.63, 3.8) is 0 Å². The molecular formula is C15H12N2O. The van der Waals surface area contributed by atoms with Crippen LogP contribution in [-0.2, 0) is 0 Å². The van der Waals surface area contributed by atoms with Gasteiger partial charge in [0.05, 0.1) is 16.6 Å². The predicted octanol–water partition coefficient (Wildman–Crippen LogP) is 2.69. The molecule has 0 bridgehead atoms. The Morgan fingerprint density at radius 3 is 2.50 bits per heavy atom. The molecule has 0 N–H and O–H groups in total. The van der Waals surface area contributed by atoms with Crippen molar-refractivity contribution in [1.29, 1.82) is 0 Å². The van der Waals surface area contributed by atoms with Gasteiger partial charge in [0.2, 0.25) is 0 Å². The first-order valence-corrected chi connectivity index (χ1v) is 5.79. The molecule has 0 fully saturated rings. The van der Waals surface area contributed by atoms with Crippen LogP contribution in [0.4, 0.5) is 0 Å². The van der Waals surface area contributed by atoms with E-state index in [1.54, 1.807) is 17.0 Å². The molecule has 0 atom stereocenters. The zero-order valence-electron chi connectivity index (χ0n) is 10.00. The molecule has 0 spiro atoms. The lowest BCUT2D eigenvalue weighted by atomic mass is 10.2. The third kappa shape index (κ3) is 1.70. The van der Waals surface area contributed by atoms with Gasteiger partial charge in [-0.05, 0) is 31.2 Å². The molecule has 3 nitrogen and oxygen atoms in total. The molecule has 2 aromatic carbocycles. The van der Waals surface area contributed by atoms with Gasteiger partial charge >= 0.3 is 0 Å². The number of fused-ring (bicyclic) bond motifs is 1. The number of rotatable bonds is 1. The van der Waals surface area contributed by atoms with Crippen LogP contribution in [0.2, 0.25) is 0 Å². The number of hydrogen-bond donors (Lipinski definition) is 0. The number of aryl methyl sites for hydroxylation is 1. The Morgan fingerprint density at radius 1 is 1.00 bits per heavy atom. The molecule has 0 saturated heterocycles. The van der Waals surface area contributed by atoms with Gasteiger partial charge in [0.1, 0.15) is 6.33 Å². The van der Waals surface area contributed by atoms with Crippen molar-refractivity contribution < 1.29 is 0 Å². The largest absolute Gasteiger partial charge is 0.268 e. The molecule has 0 aliphatic carbocycles. The zero-order chi connectivity index (χ0) is 12.5. The summed E-state index contributed by atoms with van der Waals surface area (Å²) in [4.78, 5) is 16.6. The maximum Gasteiger partial charge on any atom is 0.265 e. The first kappa shape index (κ1) is 10.7. The van der Waals surface area contributed by atoms with Gasteiger partial charge in [-0.3, -0.25) is 9.36 Å². The van der Waals surface area contributed by atoms with E-state index in [4.69, 9.17) is 0 Å². The quantitative estimate of drug-likeness (QED) is 0.651. The molecule has 3 heteroatoms. The molecule has 0 aliphatic rings. The van der Waals surface area contributed by atoms with Gasteiger partial charge in [-0.25, -0.2) is 4.98 Å². The molecule has 0 radical (unpaired) electrons. The molecule has 1 aromatic heterocycles. The molecule has 18 heavy (non-hydrogen) atoms. The van der Waals surface area contributed by atoms with E-state index < -0.39 is 0 Å². The standard InChI is InChI=1S/C15H12N2O/c1-11-6-8-12(9-7-11)17-10-16-14-5-3-2-4-13(14)15(17)18/h2-10H,1H3. The summed E-state index contributed by atoms with van der Waals surface area (Å²) < 4.78 is 1.57. The van der Waals surface area contributed by atoms with Gasteiger partial charge in [0.25, 0.3) is 5.56 Å². The summed E-state index contributed by atoms with van der Waals surface area (Å²) in [6, 6.07) is 15.2.